The molecule has 0 bridgehead atoms. The van der Waals surface area contributed by atoms with Crippen molar-refractivity contribution in [1.29, 1.82) is 0 Å². The molecular weight excluding hydrogens is 212 g/mol. The normalized spacial score (nSPS) is 38.2. The lowest BCUT2D eigenvalue weighted by Gasteiger charge is -2.38. The molecule has 0 saturated carbocycles. The van der Waals surface area contributed by atoms with Gasteiger partial charge in [0.05, 0.1) is 11.7 Å². The van der Waals surface area contributed by atoms with Gasteiger partial charge in [-0.2, -0.15) is 0 Å². The van der Waals surface area contributed by atoms with E-state index >= 15 is 0 Å². The molecule has 2 N–H and O–H groups in total. The van der Waals surface area contributed by atoms with Gasteiger partial charge < -0.3 is 10.2 Å². The Labute approximate surface area is 104 Å². The van der Waals surface area contributed by atoms with Gasteiger partial charge in [0.2, 0.25) is 0 Å². The van der Waals surface area contributed by atoms with Crippen LogP contribution in [0, 0.1) is 11.8 Å². The van der Waals surface area contributed by atoms with Crippen LogP contribution in [0.25, 0.3) is 0 Å². The number of hydrogen-bond donors (Lipinski definition) is 2. The number of rotatable bonds is 1. The molecule has 3 atom stereocenters. The van der Waals surface area contributed by atoms with Crippen molar-refractivity contribution < 1.29 is 10.2 Å². The highest BCUT2D eigenvalue weighted by atomic mass is 16.3. The molecule has 0 radical (unpaired) electrons. The van der Waals surface area contributed by atoms with E-state index in [0.29, 0.717) is 12.8 Å². The van der Waals surface area contributed by atoms with Crippen LogP contribution in [0.2, 0.25) is 0 Å². The third kappa shape index (κ3) is 1.98. The summed E-state index contributed by atoms with van der Waals surface area (Å²) >= 11 is 0. The van der Waals surface area contributed by atoms with Gasteiger partial charge in [-0.1, -0.05) is 36.6 Å². The molecule has 0 heterocycles. The van der Waals surface area contributed by atoms with Crippen molar-refractivity contribution in [3.8, 4) is 0 Å². The average Bonchev–Trinajstić information content (AvgIpc) is 2.36. The predicted molar refractivity (Wildman–Crippen MR) is 69.6 cm³/mol. The second-order valence-electron chi connectivity index (χ2n) is 6.13. The summed E-state index contributed by atoms with van der Waals surface area (Å²) in [6.07, 6.45) is 4.07. The Hall–Kier alpha value is -0.600. The molecule has 2 nitrogen and oxygen atoms in total. The standard InChI is InChI=1S/C15H24O2/c1-9(2)15(17)8-11(4)12-6-5-10(3)7-13(16)14(12)15/h5,9,13-14,16-17H,6-8H2,1-4H3/t13-,14-,15+/m0/s1. The molecule has 0 aliphatic heterocycles. The summed E-state index contributed by atoms with van der Waals surface area (Å²) in [4.78, 5) is 0. The first kappa shape index (κ1) is 12.8. The number of hydrogen-bond acceptors (Lipinski definition) is 2. The Morgan fingerprint density at radius 2 is 2.00 bits per heavy atom. The molecule has 0 aromatic carbocycles. The maximum Gasteiger partial charge on any atom is 0.0797 e. The number of aliphatic hydroxyl groups excluding tert-OH is 1. The molecule has 2 heteroatoms. The van der Waals surface area contributed by atoms with Crippen LogP contribution in [-0.4, -0.2) is 21.9 Å². The predicted octanol–water partition coefficient (Wildman–Crippen LogP) is 2.81. The summed E-state index contributed by atoms with van der Waals surface area (Å²) in [7, 11) is 0. The molecule has 0 spiro atoms. The van der Waals surface area contributed by atoms with E-state index in [2.05, 4.69) is 19.9 Å². The summed E-state index contributed by atoms with van der Waals surface area (Å²) in [5.74, 6) is 0.101. The number of fused-ring (bicyclic) bond motifs is 1. The lowest BCUT2D eigenvalue weighted by molar-refractivity contribution is -0.0754. The maximum atomic E-state index is 10.9. The molecule has 0 unspecified atom stereocenters. The fraction of sp³-hybridized carbons (Fsp3) is 0.733. The minimum absolute atomic E-state index is 0.0730. The monoisotopic (exact) mass is 236 g/mol. The van der Waals surface area contributed by atoms with Crippen LogP contribution >= 0.6 is 0 Å². The van der Waals surface area contributed by atoms with Gasteiger partial charge in [-0.05, 0) is 39.0 Å². The number of allylic oxidation sites excluding steroid dienone is 1. The van der Waals surface area contributed by atoms with Crippen LogP contribution < -0.4 is 0 Å². The lowest BCUT2D eigenvalue weighted by Crippen LogP contribution is -2.45. The third-order valence-electron chi connectivity index (χ3n) is 4.60. The van der Waals surface area contributed by atoms with Crippen LogP contribution in [0.1, 0.15) is 47.0 Å². The van der Waals surface area contributed by atoms with Crippen molar-refractivity contribution >= 4 is 0 Å². The van der Waals surface area contributed by atoms with E-state index in [-0.39, 0.29) is 11.8 Å². The van der Waals surface area contributed by atoms with E-state index in [1.54, 1.807) is 0 Å². The van der Waals surface area contributed by atoms with Crippen molar-refractivity contribution in [1.82, 2.24) is 0 Å². The van der Waals surface area contributed by atoms with Crippen molar-refractivity contribution in [2.24, 2.45) is 11.8 Å². The van der Waals surface area contributed by atoms with E-state index in [4.69, 9.17) is 0 Å². The Morgan fingerprint density at radius 1 is 1.35 bits per heavy atom. The summed E-state index contributed by atoms with van der Waals surface area (Å²) in [6, 6.07) is 0. The van der Waals surface area contributed by atoms with Gasteiger partial charge in [-0.15, -0.1) is 0 Å². The minimum Gasteiger partial charge on any atom is -0.392 e. The first-order valence-electron chi connectivity index (χ1n) is 6.61. The molecule has 2 rings (SSSR count). The first-order chi connectivity index (χ1) is 7.86. The highest BCUT2D eigenvalue weighted by Crippen LogP contribution is 2.49. The summed E-state index contributed by atoms with van der Waals surface area (Å²) in [5, 5.41) is 21.3. The van der Waals surface area contributed by atoms with Gasteiger partial charge >= 0.3 is 0 Å². The maximum absolute atomic E-state index is 10.9. The van der Waals surface area contributed by atoms with E-state index in [1.165, 1.54) is 16.7 Å². The van der Waals surface area contributed by atoms with E-state index in [1.807, 2.05) is 13.8 Å². The zero-order chi connectivity index (χ0) is 12.8. The fourth-order valence-corrected chi connectivity index (χ4v) is 3.46. The number of aliphatic hydroxyl groups is 2. The Bertz CT molecular complexity index is 378. The Morgan fingerprint density at radius 3 is 2.59 bits per heavy atom. The van der Waals surface area contributed by atoms with E-state index < -0.39 is 11.7 Å². The van der Waals surface area contributed by atoms with Crippen LogP contribution in [0.4, 0.5) is 0 Å². The van der Waals surface area contributed by atoms with Crippen LogP contribution in [0.15, 0.2) is 22.8 Å². The van der Waals surface area contributed by atoms with Gasteiger partial charge in [0.15, 0.2) is 0 Å². The molecule has 0 fully saturated rings. The van der Waals surface area contributed by atoms with Crippen molar-refractivity contribution in [3.05, 3.63) is 22.8 Å². The van der Waals surface area contributed by atoms with Gasteiger partial charge in [-0.25, -0.2) is 0 Å². The van der Waals surface area contributed by atoms with Crippen molar-refractivity contribution in [2.75, 3.05) is 0 Å². The van der Waals surface area contributed by atoms with Gasteiger partial charge in [0.1, 0.15) is 0 Å². The molecule has 2 aliphatic carbocycles. The molecule has 0 saturated heterocycles. The van der Waals surface area contributed by atoms with Crippen molar-refractivity contribution in [3.63, 3.8) is 0 Å². The fourth-order valence-electron chi connectivity index (χ4n) is 3.46. The quantitative estimate of drug-likeness (QED) is 0.687. The highest BCUT2D eigenvalue weighted by molar-refractivity contribution is 5.34. The molecule has 96 valence electrons. The van der Waals surface area contributed by atoms with Gasteiger partial charge in [-0.3, -0.25) is 0 Å². The SMILES string of the molecule is CC1=CCC2=C(C)C[C@@](O)(C(C)C)[C@@H]2[C@@H](O)C1. The largest absolute Gasteiger partial charge is 0.392 e. The van der Waals surface area contributed by atoms with Crippen molar-refractivity contribution in [2.45, 2.75) is 58.7 Å². The molecule has 0 aromatic heterocycles. The minimum atomic E-state index is -0.753. The molecular formula is C15H24O2. The Balaban J connectivity index is 2.41. The zero-order valence-electron chi connectivity index (χ0n) is 11.3. The second-order valence-corrected chi connectivity index (χ2v) is 6.13. The second kappa shape index (κ2) is 4.25. The highest BCUT2D eigenvalue weighted by Gasteiger charge is 2.50. The van der Waals surface area contributed by atoms with Gasteiger partial charge in [0, 0.05) is 5.92 Å². The molecule has 2 aliphatic rings. The van der Waals surface area contributed by atoms with Gasteiger partial charge in [0.25, 0.3) is 0 Å². The third-order valence-corrected chi connectivity index (χ3v) is 4.60. The molecule has 0 amide bonds. The van der Waals surface area contributed by atoms with E-state index in [0.717, 1.165) is 6.42 Å². The van der Waals surface area contributed by atoms with Crippen LogP contribution in [-0.2, 0) is 0 Å². The summed E-state index contributed by atoms with van der Waals surface area (Å²) < 4.78 is 0. The van der Waals surface area contributed by atoms with Crippen LogP contribution in [0.5, 0.6) is 0 Å². The average molecular weight is 236 g/mol. The van der Waals surface area contributed by atoms with Crippen LogP contribution in [0.3, 0.4) is 0 Å². The molecule has 0 aromatic rings. The summed E-state index contributed by atoms with van der Waals surface area (Å²) in [5.41, 5.74) is 3.03. The zero-order valence-corrected chi connectivity index (χ0v) is 11.3. The first-order valence-corrected chi connectivity index (χ1v) is 6.61. The molecule has 17 heavy (non-hydrogen) atoms. The Kier molecular flexibility index (Phi) is 3.21. The van der Waals surface area contributed by atoms with E-state index in [9.17, 15) is 10.2 Å². The smallest absolute Gasteiger partial charge is 0.0797 e. The lowest BCUT2D eigenvalue weighted by atomic mass is 9.74. The summed E-state index contributed by atoms with van der Waals surface area (Å²) in [6.45, 7) is 8.26. The topological polar surface area (TPSA) is 40.5 Å².